The van der Waals surface area contributed by atoms with Crippen molar-refractivity contribution >= 4 is 22.5 Å². The molecule has 1 unspecified atom stereocenters. The second-order valence-corrected chi connectivity index (χ2v) is 7.03. The summed E-state index contributed by atoms with van der Waals surface area (Å²) in [6.45, 7) is 12.6. The maximum absolute atomic E-state index is 6.07. The SMILES string of the molecule is CCOCCN1CCN(CCn2ccc3cc(Cl)ccc32)CC1C. The van der Waals surface area contributed by atoms with E-state index in [-0.39, 0.29) is 0 Å². The molecule has 0 bridgehead atoms. The first-order valence-electron chi connectivity index (χ1n) is 8.96. The van der Waals surface area contributed by atoms with E-state index < -0.39 is 0 Å². The Morgan fingerprint density at radius 3 is 2.83 bits per heavy atom. The monoisotopic (exact) mass is 349 g/mol. The molecule has 1 aliphatic rings. The highest BCUT2D eigenvalue weighted by atomic mass is 35.5. The molecule has 2 aromatic rings. The standard InChI is InChI=1S/C19H28ClN3O/c1-3-24-13-12-22-10-8-21(15-16(22)2)9-11-23-7-6-17-14-18(20)4-5-19(17)23/h4-7,14,16H,3,8-13,15H2,1-2H3. The van der Waals surface area contributed by atoms with E-state index >= 15 is 0 Å². The van der Waals surface area contributed by atoms with Crippen molar-refractivity contribution in [1.82, 2.24) is 14.4 Å². The third-order valence-corrected chi connectivity index (χ3v) is 5.20. The van der Waals surface area contributed by atoms with Gasteiger partial charge in [-0.05, 0) is 38.1 Å². The molecule has 132 valence electrons. The predicted octanol–water partition coefficient (Wildman–Crippen LogP) is 3.34. The summed E-state index contributed by atoms with van der Waals surface area (Å²) >= 11 is 6.07. The van der Waals surface area contributed by atoms with Crippen molar-refractivity contribution in [3.63, 3.8) is 0 Å². The molecular weight excluding hydrogens is 322 g/mol. The average Bonchev–Trinajstić information content (AvgIpc) is 2.97. The molecule has 24 heavy (non-hydrogen) atoms. The number of nitrogens with zero attached hydrogens (tertiary/aromatic N) is 3. The number of hydrogen-bond acceptors (Lipinski definition) is 3. The van der Waals surface area contributed by atoms with E-state index in [1.54, 1.807) is 0 Å². The van der Waals surface area contributed by atoms with Crippen molar-refractivity contribution in [3.8, 4) is 0 Å². The van der Waals surface area contributed by atoms with Crippen LogP contribution in [0.1, 0.15) is 13.8 Å². The molecule has 0 saturated carbocycles. The van der Waals surface area contributed by atoms with E-state index in [9.17, 15) is 0 Å². The smallest absolute Gasteiger partial charge is 0.0593 e. The Morgan fingerprint density at radius 1 is 1.17 bits per heavy atom. The predicted molar refractivity (Wildman–Crippen MR) is 101 cm³/mol. The minimum Gasteiger partial charge on any atom is -0.380 e. The Hall–Kier alpha value is -1.07. The molecule has 3 rings (SSSR count). The van der Waals surface area contributed by atoms with Gasteiger partial charge >= 0.3 is 0 Å². The summed E-state index contributed by atoms with van der Waals surface area (Å²) in [6.07, 6.45) is 2.17. The average molecular weight is 350 g/mol. The molecule has 0 spiro atoms. The van der Waals surface area contributed by atoms with Crippen molar-refractivity contribution in [2.45, 2.75) is 26.4 Å². The van der Waals surface area contributed by atoms with Gasteiger partial charge < -0.3 is 9.30 Å². The van der Waals surface area contributed by atoms with Crippen molar-refractivity contribution < 1.29 is 4.74 Å². The van der Waals surface area contributed by atoms with Gasteiger partial charge in [-0.1, -0.05) is 11.6 Å². The first-order chi connectivity index (χ1) is 11.7. The first kappa shape index (κ1) is 17.7. The molecule has 2 heterocycles. The van der Waals surface area contributed by atoms with Gasteiger partial charge in [0.05, 0.1) is 6.61 Å². The van der Waals surface area contributed by atoms with Crippen LogP contribution < -0.4 is 0 Å². The lowest BCUT2D eigenvalue weighted by Crippen LogP contribution is -2.53. The molecule has 5 heteroatoms. The van der Waals surface area contributed by atoms with Crippen LogP contribution >= 0.6 is 11.6 Å². The highest BCUT2D eigenvalue weighted by Gasteiger charge is 2.22. The molecule has 1 fully saturated rings. The topological polar surface area (TPSA) is 20.6 Å². The van der Waals surface area contributed by atoms with E-state index in [4.69, 9.17) is 16.3 Å². The van der Waals surface area contributed by atoms with Crippen LogP contribution in [0.4, 0.5) is 0 Å². The summed E-state index contributed by atoms with van der Waals surface area (Å²) in [6, 6.07) is 8.87. The maximum atomic E-state index is 6.07. The fraction of sp³-hybridized carbons (Fsp3) is 0.579. The molecule has 1 atom stereocenters. The zero-order valence-corrected chi connectivity index (χ0v) is 15.5. The van der Waals surface area contributed by atoms with Crippen LogP contribution in [0.5, 0.6) is 0 Å². The summed E-state index contributed by atoms with van der Waals surface area (Å²) in [4.78, 5) is 5.11. The summed E-state index contributed by atoms with van der Waals surface area (Å²) in [7, 11) is 0. The lowest BCUT2D eigenvalue weighted by molar-refractivity contribution is 0.0483. The molecule has 0 N–H and O–H groups in total. The molecular formula is C19H28ClN3O. The lowest BCUT2D eigenvalue weighted by atomic mass is 10.2. The zero-order valence-electron chi connectivity index (χ0n) is 14.7. The van der Waals surface area contributed by atoms with Gasteiger partial charge in [0.2, 0.25) is 0 Å². The largest absolute Gasteiger partial charge is 0.380 e. The van der Waals surface area contributed by atoms with Crippen LogP contribution in [-0.4, -0.2) is 66.3 Å². The Morgan fingerprint density at radius 2 is 2.04 bits per heavy atom. The first-order valence-corrected chi connectivity index (χ1v) is 9.33. The highest BCUT2D eigenvalue weighted by molar-refractivity contribution is 6.31. The Kier molecular flexibility index (Phi) is 6.17. The van der Waals surface area contributed by atoms with Gasteiger partial charge in [0.15, 0.2) is 0 Å². The van der Waals surface area contributed by atoms with E-state index in [1.165, 1.54) is 10.9 Å². The second kappa shape index (κ2) is 8.34. The van der Waals surface area contributed by atoms with Crippen molar-refractivity contribution in [2.24, 2.45) is 0 Å². The molecule has 0 aliphatic carbocycles. The van der Waals surface area contributed by atoms with Crippen molar-refractivity contribution in [2.75, 3.05) is 45.9 Å². The van der Waals surface area contributed by atoms with Gasteiger partial charge in [0.1, 0.15) is 0 Å². The number of benzene rings is 1. The fourth-order valence-corrected chi connectivity index (χ4v) is 3.73. The van der Waals surface area contributed by atoms with Gasteiger partial charge in [0, 0.05) is 74.0 Å². The number of fused-ring (bicyclic) bond motifs is 1. The summed E-state index contributed by atoms with van der Waals surface area (Å²) in [5.41, 5.74) is 1.27. The van der Waals surface area contributed by atoms with Crippen LogP contribution in [0.3, 0.4) is 0 Å². The Labute approximate surface area is 149 Å². The normalized spacial score (nSPS) is 20.0. The number of aromatic nitrogens is 1. The van der Waals surface area contributed by atoms with Crippen molar-refractivity contribution in [3.05, 3.63) is 35.5 Å². The number of hydrogen-bond donors (Lipinski definition) is 0. The third-order valence-electron chi connectivity index (χ3n) is 4.97. The number of ether oxygens (including phenoxy) is 1. The fourth-order valence-electron chi connectivity index (χ4n) is 3.55. The van der Waals surface area contributed by atoms with Crippen LogP contribution in [0.25, 0.3) is 10.9 Å². The van der Waals surface area contributed by atoms with Crippen LogP contribution in [0, 0.1) is 0 Å². The number of piperazine rings is 1. The maximum Gasteiger partial charge on any atom is 0.0593 e. The minimum absolute atomic E-state index is 0.597. The van der Waals surface area contributed by atoms with Crippen LogP contribution in [-0.2, 0) is 11.3 Å². The van der Waals surface area contributed by atoms with E-state index in [1.807, 2.05) is 12.1 Å². The minimum atomic E-state index is 0.597. The summed E-state index contributed by atoms with van der Waals surface area (Å²) in [5, 5.41) is 2.02. The molecule has 4 nitrogen and oxygen atoms in total. The van der Waals surface area contributed by atoms with Crippen molar-refractivity contribution in [1.29, 1.82) is 0 Å². The molecule has 1 aromatic carbocycles. The summed E-state index contributed by atoms with van der Waals surface area (Å²) < 4.78 is 7.82. The highest BCUT2D eigenvalue weighted by Crippen LogP contribution is 2.20. The van der Waals surface area contributed by atoms with Gasteiger partial charge in [-0.15, -0.1) is 0 Å². The second-order valence-electron chi connectivity index (χ2n) is 6.59. The van der Waals surface area contributed by atoms with Gasteiger partial charge in [-0.3, -0.25) is 9.80 Å². The van der Waals surface area contributed by atoms with Gasteiger partial charge in [-0.2, -0.15) is 0 Å². The number of halogens is 1. The molecule has 0 radical (unpaired) electrons. The van der Waals surface area contributed by atoms with E-state index in [2.05, 4.69) is 46.5 Å². The molecule has 1 aliphatic heterocycles. The summed E-state index contributed by atoms with van der Waals surface area (Å²) in [5.74, 6) is 0. The van der Waals surface area contributed by atoms with E-state index in [0.29, 0.717) is 6.04 Å². The molecule has 0 amide bonds. The van der Waals surface area contributed by atoms with E-state index in [0.717, 1.165) is 57.5 Å². The van der Waals surface area contributed by atoms with Crippen LogP contribution in [0.2, 0.25) is 5.02 Å². The third kappa shape index (κ3) is 4.31. The molecule has 1 aromatic heterocycles. The molecule has 1 saturated heterocycles. The quantitative estimate of drug-likeness (QED) is 0.715. The van der Waals surface area contributed by atoms with Gasteiger partial charge in [0.25, 0.3) is 0 Å². The zero-order chi connectivity index (χ0) is 16.9. The Bertz CT molecular complexity index is 657. The van der Waals surface area contributed by atoms with Gasteiger partial charge in [-0.25, -0.2) is 0 Å². The van der Waals surface area contributed by atoms with Crippen LogP contribution in [0.15, 0.2) is 30.5 Å². The Balaban J connectivity index is 1.50. The lowest BCUT2D eigenvalue weighted by Gasteiger charge is -2.39. The number of rotatable bonds is 7.